The van der Waals surface area contributed by atoms with E-state index < -0.39 is 5.60 Å². The summed E-state index contributed by atoms with van der Waals surface area (Å²) in [6, 6.07) is 6.01. The van der Waals surface area contributed by atoms with Crippen molar-refractivity contribution in [1.82, 2.24) is 4.90 Å². The maximum atomic E-state index is 12.2. The highest BCUT2D eigenvalue weighted by Crippen LogP contribution is 2.36. The summed E-state index contributed by atoms with van der Waals surface area (Å²) < 4.78 is 11.2. The van der Waals surface area contributed by atoms with Crippen molar-refractivity contribution < 1.29 is 14.3 Å². The summed E-state index contributed by atoms with van der Waals surface area (Å²) in [5.74, 6) is 0.819. The van der Waals surface area contributed by atoms with Crippen LogP contribution in [-0.4, -0.2) is 48.9 Å². The van der Waals surface area contributed by atoms with Crippen LogP contribution >= 0.6 is 11.6 Å². The molecule has 126 valence electrons. The quantitative estimate of drug-likeness (QED) is 0.785. The molecule has 0 bridgehead atoms. The van der Waals surface area contributed by atoms with Crippen LogP contribution in [0.2, 0.25) is 5.02 Å². The average Bonchev–Trinajstić information content (AvgIpc) is 2.94. The summed E-state index contributed by atoms with van der Waals surface area (Å²) in [6.45, 7) is 8.52. The Kier molecular flexibility index (Phi) is 4.32. The molecule has 1 aromatic carbocycles. The number of likely N-dealkylation sites (tertiary alicyclic amines) is 1. The van der Waals surface area contributed by atoms with Crippen LogP contribution in [0.4, 0.5) is 10.5 Å². The maximum Gasteiger partial charge on any atom is 0.410 e. The van der Waals surface area contributed by atoms with Crippen molar-refractivity contribution in [2.75, 3.05) is 31.1 Å². The zero-order chi connectivity index (χ0) is 16.6. The number of hydrogen-bond acceptors (Lipinski definition) is 4. The van der Waals surface area contributed by atoms with E-state index in [1.165, 1.54) is 0 Å². The van der Waals surface area contributed by atoms with Crippen LogP contribution in [-0.2, 0) is 4.74 Å². The zero-order valence-corrected chi connectivity index (χ0v) is 14.6. The van der Waals surface area contributed by atoms with Crippen LogP contribution < -0.4 is 9.64 Å². The Morgan fingerprint density at radius 1 is 1.35 bits per heavy atom. The second-order valence-corrected chi connectivity index (χ2v) is 7.46. The van der Waals surface area contributed by atoms with Gasteiger partial charge >= 0.3 is 6.09 Å². The van der Waals surface area contributed by atoms with Gasteiger partial charge in [-0.15, -0.1) is 0 Å². The molecule has 5 nitrogen and oxygen atoms in total. The Morgan fingerprint density at radius 2 is 2.13 bits per heavy atom. The molecule has 0 aromatic heterocycles. The van der Waals surface area contributed by atoms with E-state index in [0.29, 0.717) is 18.2 Å². The summed E-state index contributed by atoms with van der Waals surface area (Å²) in [6.07, 6.45) is 0.700. The van der Waals surface area contributed by atoms with Crippen molar-refractivity contribution in [2.24, 2.45) is 0 Å². The number of nitrogens with zero attached hydrogens (tertiary/aromatic N) is 2. The number of hydrogen-bond donors (Lipinski definition) is 0. The highest BCUT2D eigenvalue weighted by molar-refractivity contribution is 6.30. The van der Waals surface area contributed by atoms with Gasteiger partial charge in [-0.05, 0) is 39.3 Å². The molecule has 0 saturated carbocycles. The van der Waals surface area contributed by atoms with Crippen LogP contribution in [0.5, 0.6) is 5.75 Å². The molecule has 2 heterocycles. The van der Waals surface area contributed by atoms with Crippen molar-refractivity contribution in [3.8, 4) is 5.75 Å². The molecule has 0 spiro atoms. The first-order valence-corrected chi connectivity index (χ1v) is 8.38. The zero-order valence-electron chi connectivity index (χ0n) is 13.8. The van der Waals surface area contributed by atoms with E-state index in [0.717, 1.165) is 30.9 Å². The van der Waals surface area contributed by atoms with Gasteiger partial charge in [0.2, 0.25) is 0 Å². The lowest BCUT2D eigenvalue weighted by Crippen LogP contribution is -2.44. The summed E-state index contributed by atoms with van der Waals surface area (Å²) in [7, 11) is 0. The number of carbonyl (C=O) groups is 1. The number of amides is 1. The highest BCUT2D eigenvalue weighted by Gasteiger charge is 2.34. The Labute approximate surface area is 142 Å². The number of carbonyl (C=O) groups excluding carboxylic acids is 1. The van der Waals surface area contributed by atoms with E-state index in [-0.39, 0.29) is 12.1 Å². The highest BCUT2D eigenvalue weighted by atomic mass is 35.5. The van der Waals surface area contributed by atoms with E-state index in [9.17, 15) is 4.79 Å². The molecule has 1 aromatic rings. The standard InChI is InChI=1S/C17H23ClN2O3/c1-17(2,3)23-16(21)19-7-6-13(11-19)20-8-9-22-15-10-12(18)4-5-14(15)20/h4-5,10,13H,6-9,11H2,1-3H3. The molecule has 1 unspecified atom stereocenters. The van der Waals surface area contributed by atoms with Crippen LogP contribution in [0.3, 0.4) is 0 Å². The number of fused-ring (bicyclic) bond motifs is 1. The Morgan fingerprint density at radius 3 is 2.87 bits per heavy atom. The third-order valence-electron chi connectivity index (χ3n) is 4.08. The van der Waals surface area contributed by atoms with Gasteiger partial charge < -0.3 is 19.3 Å². The van der Waals surface area contributed by atoms with Gasteiger partial charge in [0, 0.05) is 30.2 Å². The molecule has 6 heteroatoms. The van der Waals surface area contributed by atoms with Crippen molar-refractivity contribution in [3.05, 3.63) is 23.2 Å². The van der Waals surface area contributed by atoms with Gasteiger partial charge in [0.1, 0.15) is 18.0 Å². The normalized spacial score (nSPS) is 21.0. The van der Waals surface area contributed by atoms with Crippen LogP contribution in [0, 0.1) is 0 Å². The second kappa shape index (κ2) is 6.11. The minimum absolute atomic E-state index is 0.232. The van der Waals surface area contributed by atoms with Gasteiger partial charge in [-0.1, -0.05) is 11.6 Å². The molecule has 3 rings (SSSR count). The number of ether oxygens (including phenoxy) is 2. The maximum absolute atomic E-state index is 12.2. The molecule has 23 heavy (non-hydrogen) atoms. The van der Waals surface area contributed by atoms with Crippen LogP contribution in [0.25, 0.3) is 0 Å². The van der Waals surface area contributed by atoms with Gasteiger partial charge in [0.25, 0.3) is 0 Å². The topological polar surface area (TPSA) is 42.0 Å². The fourth-order valence-corrected chi connectivity index (χ4v) is 3.25. The lowest BCUT2D eigenvalue weighted by Gasteiger charge is -2.36. The SMILES string of the molecule is CC(C)(C)OC(=O)N1CCC(N2CCOc3cc(Cl)ccc32)C1. The van der Waals surface area contributed by atoms with Gasteiger partial charge in [-0.25, -0.2) is 4.79 Å². The lowest BCUT2D eigenvalue weighted by atomic mass is 10.1. The predicted molar refractivity (Wildman–Crippen MR) is 90.5 cm³/mol. The molecule has 2 aliphatic rings. The third kappa shape index (κ3) is 3.66. The Balaban J connectivity index is 1.70. The number of benzene rings is 1. The molecule has 1 saturated heterocycles. The van der Waals surface area contributed by atoms with E-state index in [1.54, 1.807) is 4.90 Å². The van der Waals surface area contributed by atoms with Gasteiger partial charge in [-0.2, -0.15) is 0 Å². The van der Waals surface area contributed by atoms with Crippen molar-refractivity contribution in [2.45, 2.75) is 38.8 Å². The molecule has 0 radical (unpaired) electrons. The fraction of sp³-hybridized carbons (Fsp3) is 0.588. The predicted octanol–water partition coefficient (Wildman–Crippen LogP) is 3.55. The second-order valence-electron chi connectivity index (χ2n) is 7.02. The molecule has 1 atom stereocenters. The molecule has 0 N–H and O–H groups in total. The summed E-state index contributed by atoms with van der Waals surface area (Å²) in [5.41, 5.74) is 0.592. The molecule has 1 fully saturated rings. The van der Waals surface area contributed by atoms with Crippen molar-refractivity contribution in [3.63, 3.8) is 0 Å². The minimum Gasteiger partial charge on any atom is -0.490 e. The number of rotatable bonds is 1. The molecular formula is C17H23ClN2O3. The van der Waals surface area contributed by atoms with Crippen LogP contribution in [0.15, 0.2) is 18.2 Å². The monoisotopic (exact) mass is 338 g/mol. The molecule has 0 aliphatic carbocycles. The van der Waals surface area contributed by atoms with Crippen molar-refractivity contribution >= 4 is 23.4 Å². The number of anilines is 1. The molecule has 1 amide bonds. The minimum atomic E-state index is -0.461. The summed E-state index contributed by atoms with van der Waals surface area (Å²) >= 11 is 6.04. The van der Waals surface area contributed by atoms with E-state index in [4.69, 9.17) is 21.1 Å². The van der Waals surface area contributed by atoms with E-state index in [2.05, 4.69) is 4.90 Å². The average molecular weight is 339 g/mol. The summed E-state index contributed by atoms with van der Waals surface area (Å²) in [5, 5.41) is 0.674. The first-order valence-electron chi connectivity index (χ1n) is 8.00. The molecular weight excluding hydrogens is 316 g/mol. The smallest absolute Gasteiger partial charge is 0.410 e. The van der Waals surface area contributed by atoms with E-state index in [1.807, 2.05) is 39.0 Å². The fourth-order valence-electron chi connectivity index (χ4n) is 3.08. The summed E-state index contributed by atoms with van der Waals surface area (Å²) in [4.78, 5) is 16.3. The van der Waals surface area contributed by atoms with Gasteiger partial charge in [0.15, 0.2) is 0 Å². The van der Waals surface area contributed by atoms with E-state index >= 15 is 0 Å². The lowest BCUT2D eigenvalue weighted by molar-refractivity contribution is 0.0292. The Hall–Kier alpha value is -1.62. The third-order valence-corrected chi connectivity index (χ3v) is 4.31. The van der Waals surface area contributed by atoms with Crippen LogP contribution in [0.1, 0.15) is 27.2 Å². The van der Waals surface area contributed by atoms with Gasteiger partial charge in [-0.3, -0.25) is 0 Å². The first-order chi connectivity index (χ1) is 10.8. The number of halogens is 1. The largest absolute Gasteiger partial charge is 0.490 e. The first kappa shape index (κ1) is 16.2. The molecule has 2 aliphatic heterocycles. The Bertz CT molecular complexity index is 600. The van der Waals surface area contributed by atoms with Gasteiger partial charge in [0.05, 0.1) is 12.2 Å². The van der Waals surface area contributed by atoms with Crippen molar-refractivity contribution in [1.29, 1.82) is 0 Å².